The molecule has 19 heavy (non-hydrogen) atoms. The second-order valence-electron chi connectivity index (χ2n) is 4.18. The van der Waals surface area contributed by atoms with Gasteiger partial charge in [-0.1, -0.05) is 0 Å². The smallest absolute Gasteiger partial charge is 0.409 e. The summed E-state index contributed by atoms with van der Waals surface area (Å²) in [6, 6.07) is -1.72. The van der Waals surface area contributed by atoms with Crippen LogP contribution < -0.4 is 5.32 Å². The van der Waals surface area contributed by atoms with Gasteiger partial charge in [0.05, 0.1) is 0 Å². The molecule has 1 aliphatic rings. The van der Waals surface area contributed by atoms with Crippen molar-refractivity contribution >= 4 is 11.9 Å². The summed E-state index contributed by atoms with van der Waals surface area (Å²) in [7, 11) is 0. The number of nitrogens with one attached hydrogen (secondary N) is 1. The maximum atomic E-state index is 12.2. The predicted molar refractivity (Wildman–Crippen MR) is 47.9 cm³/mol. The summed E-state index contributed by atoms with van der Waals surface area (Å²) < 4.78 is 73.2. The average Bonchev–Trinajstić information content (AvgIpc) is 2.91. The Labute approximate surface area is 102 Å². The highest BCUT2D eigenvalue weighted by Gasteiger charge is 2.61. The van der Waals surface area contributed by atoms with Gasteiger partial charge < -0.3 is 10.4 Å². The Morgan fingerprint density at radius 2 is 1.47 bits per heavy atom. The number of rotatable bonds is 4. The van der Waals surface area contributed by atoms with Crippen molar-refractivity contribution in [2.45, 2.75) is 31.2 Å². The minimum Gasteiger partial charge on any atom is -0.480 e. The first-order valence-electron chi connectivity index (χ1n) is 5.11. The van der Waals surface area contributed by atoms with Gasteiger partial charge >= 0.3 is 18.3 Å². The highest BCUT2D eigenvalue weighted by atomic mass is 19.4. The molecule has 1 amide bonds. The van der Waals surface area contributed by atoms with Crippen LogP contribution in [0.15, 0.2) is 0 Å². The Hall–Kier alpha value is -1.48. The summed E-state index contributed by atoms with van der Waals surface area (Å²) in [4.78, 5) is 21.7. The molecule has 0 saturated heterocycles. The molecule has 0 aliphatic heterocycles. The number of carbonyl (C=O) groups is 2. The van der Waals surface area contributed by atoms with Gasteiger partial charge in [0.1, 0.15) is 6.04 Å². The zero-order chi connectivity index (χ0) is 15.0. The molecule has 1 saturated carbocycles. The van der Waals surface area contributed by atoms with E-state index in [0.29, 0.717) is 12.8 Å². The molecule has 0 radical (unpaired) electrons. The first kappa shape index (κ1) is 15.6. The number of carboxylic acids is 1. The van der Waals surface area contributed by atoms with E-state index in [9.17, 15) is 35.9 Å². The van der Waals surface area contributed by atoms with Gasteiger partial charge in [-0.25, -0.2) is 4.79 Å². The number of hydrogen-bond donors (Lipinski definition) is 2. The number of alkyl halides is 6. The minimum atomic E-state index is -5.82. The molecular weight excluding hydrogens is 284 g/mol. The quantitative estimate of drug-likeness (QED) is 0.775. The van der Waals surface area contributed by atoms with Crippen LogP contribution in [0, 0.1) is 11.8 Å². The summed E-state index contributed by atoms with van der Waals surface area (Å²) in [5.74, 6) is -8.89. The van der Waals surface area contributed by atoms with E-state index in [1.165, 1.54) is 5.32 Å². The van der Waals surface area contributed by atoms with Crippen molar-refractivity contribution in [3.63, 3.8) is 0 Å². The van der Waals surface area contributed by atoms with Crippen LogP contribution in [0.25, 0.3) is 0 Å². The zero-order valence-electron chi connectivity index (χ0n) is 9.18. The van der Waals surface area contributed by atoms with Crippen molar-refractivity contribution in [3.8, 4) is 0 Å². The van der Waals surface area contributed by atoms with Gasteiger partial charge in [-0.2, -0.15) is 26.3 Å². The van der Waals surface area contributed by atoms with Crippen molar-refractivity contribution in [3.05, 3.63) is 0 Å². The van der Waals surface area contributed by atoms with E-state index in [1.54, 1.807) is 0 Å². The topological polar surface area (TPSA) is 66.4 Å². The van der Waals surface area contributed by atoms with Gasteiger partial charge in [-0.15, -0.1) is 0 Å². The van der Waals surface area contributed by atoms with Crippen LogP contribution in [0.3, 0.4) is 0 Å². The maximum Gasteiger partial charge on any atom is 0.409 e. The summed E-state index contributed by atoms with van der Waals surface area (Å²) in [5.41, 5.74) is 0. The molecule has 0 aromatic heterocycles. The second kappa shape index (κ2) is 4.89. The fraction of sp³-hybridized carbons (Fsp3) is 0.778. The Morgan fingerprint density at radius 3 is 1.74 bits per heavy atom. The van der Waals surface area contributed by atoms with Crippen LogP contribution in [-0.4, -0.2) is 35.4 Å². The molecule has 10 heteroatoms. The van der Waals surface area contributed by atoms with Crippen molar-refractivity contribution in [2.24, 2.45) is 11.8 Å². The third-order valence-electron chi connectivity index (χ3n) is 2.57. The first-order valence-corrected chi connectivity index (χ1v) is 5.11. The zero-order valence-corrected chi connectivity index (χ0v) is 9.18. The molecule has 1 atom stereocenters. The highest BCUT2D eigenvalue weighted by molar-refractivity contribution is 5.86. The largest absolute Gasteiger partial charge is 0.480 e. The molecule has 0 heterocycles. The average molecular weight is 293 g/mol. The Balaban J connectivity index is 2.86. The molecule has 0 spiro atoms. The minimum absolute atomic E-state index is 0.333. The lowest BCUT2D eigenvalue weighted by molar-refractivity contribution is -0.274. The van der Waals surface area contributed by atoms with Gasteiger partial charge in [0.15, 0.2) is 0 Å². The molecule has 0 aromatic rings. The fourth-order valence-corrected chi connectivity index (χ4v) is 1.53. The standard InChI is InChI=1S/C9H9F6NO3/c10-8(11,12)5(9(13,14)15)6(17)16-4(7(18)19)3-1-2-3/h3-5H,1-2H2,(H,16,17)(H,18,19). The molecule has 110 valence electrons. The van der Waals surface area contributed by atoms with E-state index < -0.39 is 42.1 Å². The van der Waals surface area contributed by atoms with Gasteiger partial charge in [0.2, 0.25) is 11.8 Å². The maximum absolute atomic E-state index is 12.2. The van der Waals surface area contributed by atoms with Crippen LogP contribution in [0.5, 0.6) is 0 Å². The fourth-order valence-electron chi connectivity index (χ4n) is 1.53. The molecular formula is C9H9F6NO3. The van der Waals surface area contributed by atoms with Crippen LogP contribution in [-0.2, 0) is 9.59 Å². The molecule has 0 aromatic carbocycles. The molecule has 0 bridgehead atoms. The lowest BCUT2D eigenvalue weighted by Crippen LogP contribution is -2.52. The predicted octanol–water partition coefficient (Wildman–Crippen LogP) is 1.71. The molecule has 1 rings (SSSR count). The van der Waals surface area contributed by atoms with E-state index >= 15 is 0 Å². The summed E-state index contributed by atoms with van der Waals surface area (Å²) >= 11 is 0. The Bertz CT molecular complexity index is 359. The van der Waals surface area contributed by atoms with Crippen molar-refractivity contribution < 1.29 is 41.0 Å². The van der Waals surface area contributed by atoms with Gasteiger partial charge in [0, 0.05) is 0 Å². The molecule has 1 aliphatic carbocycles. The molecule has 2 N–H and O–H groups in total. The monoisotopic (exact) mass is 293 g/mol. The van der Waals surface area contributed by atoms with Crippen LogP contribution in [0.4, 0.5) is 26.3 Å². The number of carbonyl (C=O) groups excluding carboxylic acids is 1. The third kappa shape index (κ3) is 4.00. The number of amides is 1. The molecule has 1 unspecified atom stereocenters. The van der Waals surface area contributed by atoms with Gasteiger partial charge in [0.25, 0.3) is 0 Å². The highest BCUT2D eigenvalue weighted by Crippen LogP contribution is 2.40. The number of aliphatic carboxylic acids is 1. The normalized spacial score (nSPS) is 18.3. The Kier molecular flexibility index (Phi) is 4.01. The van der Waals surface area contributed by atoms with Crippen LogP contribution >= 0.6 is 0 Å². The lowest BCUT2D eigenvalue weighted by Gasteiger charge is -2.24. The van der Waals surface area contributed by atoms with Crippen LogP contribution in [0.2, 0.25) is 0 Å². The third-order valence-corrected chi connectivity index (χ3v) is 2.57. The van der Waals surface area contributed by atoms with Crippen molar-refractivity contribution in [2.75, 3.05) is 0 Å². The SMILES string of the molecule is O=C(O)C(NC(=O)C(C(F)(F)F)C(F)(F)F)C1CC1. The Morgan fingerprint density at radius 1 is 1.05 bits per heavy atom. The number of carboxylic acid groups (broad SMARTS) is 1. The summed E-state index contributed by atoms with van der Waals surface area (Å²) in [6.07, 6.45) is -11.0. The summed E-state index contributed by atoms with van der Waals surface area (Å²) in [5, 5.41) is 9.96. The molecule has 1 fully saturated rings. The van der Waals surface area contributed by atoms with Crippen LogP contribution in [0.1, 0.15) is 12.8 Å². The van der Waals surface area contributed by atoms with Gasteiger partial charge in [-0.05, 0) is 18.8 Å². The van der Waals surface area contributed by atoms with E-state index in [-0.39, 0.29) is 0 Å². The second-order valence-corrected chi connectivity index (χ2v) is 4.18. The van der Waals surface area contributed by atoms with Gasteiger partial charge in [-0.3, -0.25) is 4.79 Å². The summed E-state index contributed by atoms with van der Waals surface area (Å²) in [6.45, 7) is 0. The van der Waals surface area contributed by atoms with Crippen molar-refractivity contribution in [1.82, 2.24) is 5.32 Å². The molecule has 4 nitrogen and oxygen atoms in total. The van der Waals surface area contributed by atoms with Crippen molar-refractivity contribution in [1.29, 1.82) is 0 Å². The first-order chi connectivity index (χ1) is 8.44. The van der Waals surface area contributed by atoms with E-state index in [1.807, 2.05) is 0 Å². The van der Waals surface area contributed by atoms with E-state index in [0.717, 1.165) is 0 Å². The van der Waals surface area contributed by atoms with E-state index in [2.05, 4.69) is 0 Å². The number of halogens is 6. The van der Waals surface area contributed by atoms with E-state index in [4.69, 9.17) is 5.11 Å². The number of hydrogen-bond acceptors (Lipinski definition) is 2. The lowest BCUT2D eigenvalue weighted by atomic mass is 10.1.